The third kappa shape index (κ3) is 3.75. The van der Waals surface area contributed by atoms with Crippen LogP contribution in [0.5, 0.6) is 0 Å². The summed E-state index contributed by atoms with van der Waals surface area (Å²) in [6.45, 7) is 3.40. The van der Waals surface area contributed by atoms with E-state index in [4.69, 9.17) is 9.47 Å². The third-order valence-corrected chi connectivity index (χ3v) is 1.85. The first-order valence-corrected chi connectivity index (χ1v) is 4.56. The van der Waals surface area contributed by atoms with Gasteiger partial charge in [0.25, 0.3) is 0 Å². The standard InChI is InChI=1S/C10H16O2/c1-2-3-5-8-11-10-7-4-6-9-12-10/h10H,4-9H2,1H3. The Morgan fingerprint density at radius 2 is 2.42 bits per heavy atom. The Bertz CT molecular complexity index is 160. The Kier molecular flexibility index (Phi) is 4.82. The van der Waals surface area contributed by atoms with Gasteiger partial charge in [0, 0.05) is 13.0 Å². The van der Waals surface area contributed by atoms with Crippen molar-refractivity contribution in [3.63, 3.8) is 0 Å². The quantitative estimate of drug-likeness (QED) is 0.473. The van der Waals surface area contributed by atoms with E-state index in [-0.39, 0.29) is 6.29 Å². The van der Waals surface area contributed by atoms with Crippen LogP contribution in [-0.4, -0.2) is 19.5 Å². The van der Waals surface area contributed by atoms with Crippen molar-refractivity contribution in [1.29, 1.82) is 0 Å². The lowest BCUT2D eigenvalue weighted by Gasteiger charge is -2.22. The molecule has 1 aliphatic heterocycles. The van der Waals surface area contributed by atoms with E-state index in [0.717, 1.165) is 19.4 Å². The molecule has 0 aromatic heterocycles. The van der Waals surface area contributed by atoms with Crippen molar-refractivity contribution in [2.45, 2.75) is 38.9 Å². The van der Waals surface area contributed by atoms with Crippen LogP contribution in [-0.2, 0) is 9.47 Å². The van der Waals surface area contributed by atoms with Gasteiger partial charge in [0.1, 0.15) is 0 Å². The largest absolute Gasteiger partial charge is 0.353 e. The Balaban J connectivity index is 2.00. The smallest absolute Gasteiger partial charge is 0.157 e. The van der Waals surface area contributed by atoms with Crippen LogP contribution in [0.2, 0.25) is 0 Å². The molecule has 0 spiro atoms. The second-order valence-corrected chi connectivity index (χ2v) is 2.84. The highest BCUT2D eigenvalue weighted by atomic mass is 16.7. The molecule has 1 aliphatic rings. The molecule has 0 bridgehead atoms. The van der Waals surface area contributed by atoms with Gasteiger partial charge in [-0.1, -0.05) is 0 Å². The average molecular weight is 168 g/mol. The molecule has 12 heavy (non-hydrogen) atoms. The number of hydrogen-bond acceptors (Lipinski definition) is 2. The van der Waals surface area contributed by atoms with Crippen molar-refractivity contribution in [2.75, 3.05) is 13.2 Å². The molecule has 0 aliphatic carbocycles. The fourth-order valence-electron chi connectivity index (χ4n) is 1.21. The van der Waals surface area contributed by atoms with Gasteiger partial charge in [-0.2, -0.15) is 0 Å². The summed E-state index contributed by atoms with van der Waals surface area (Å²) in [5, 5.41) is 0. The molecular formula is C10H16O2. The van der Waals surface area contributed by atoms with E-state index in [9.17, 15) is 0 Å². The summed E-state index contributed by atoms with van der Waals surface area (Å²) < 4.78 is 10.8. The van der Waals surface area contributed by atoms with Gasteiger partial charge in [-0.25, -0.2) is 0 Å². The van der Waals surface area contributed by atoms with Crippen molar-refractivity contribution < 1.29 is 9.47 Å². The topological polar surface area (TPSA) is 18.5 Å². The van der Waals surface area contributed by atoms with E-state index in [1.165, 1.54) is 12.8 Å². The summed E-state index contributed by atoms with van der Waals surface area (Å²) >= 11 is 0. The predicted molar refractivity (Wildman–Crippen MR) is 47.6 cm³/mol. The van der Waals surface area contributed by atoms with Crippen LogP contribution in [0, 0.1) is 11.8 Å². The molecule has 0 N–H and O–H groups in total. The summed E-state index contributed by atoms with van der Waals surface area (Å²) in [7, 11) is 0. The van der Waals surface area contributed by atoms with Crippen molar-refractivity contribution in [3.8, 4) is 11.8 Å². The molecule has 68 valence electrons. The monoisotopic (exact) mass is 168 g/mol. The zero-order valence-electron chi connectivity index (χ0n) is 7.64. The summed E-state index contributed by atoms with van der Waals surface area (Å²) in [4.78, 5) is 0. The highest BCUT2D eigenvalue weighted by Gasteiger charge is 2.12. The van der Waals surface area contributed by atoms with Gasteiger partial charge in [0.15, 0.2) is 6.29 Å². The third-order valence-electron chi connectivity index (χ3n) is 1.85. The molecule has 0 saturated carbocycles. The second-order valence-electron chi connectivity index (χ2n) is 2.84. The zero-order chi connectivity index (χ0) is 8.65. The first-order valence-electron chi connectivity index (χ1n) is 4.56. The molecule has 0 aromatic rings. The number of rotatable bonds is 3. The number of hydrogen-bond donors (Lipinski definition) is 0. The van der Waals surface area contributed by atoms with Gasteiger partial charge in [0.05, 0.1) is 6.61 Å². The van der Waals surface area contributed by atoms with Crippen molar-refractivity contribution in [1.82, 2.24) is 0 Å². The van der Waals surface area contributed by atoms with E-state index >= 15 is 0 Å². The molecule has 1 saturated heterocycles. The van der Waals surface area contributed by atoms with Crippen molar-refractivity contribution in [3.05, 3.63) is 0 Å². The molecule has 0 aromatic carbocycles. The molecule has 1 rings (SSSR count). The fraction of sp³-hybridized carbons (Fsp3) is 0.800. The first-order chi connectivity index (χ1) is 5.93. The van der Waals surface area contributed by atoms with E-state index in [2.05, 4.69) is 11.8 Å². The Morgan fingerprint density at radius 1 is 1.50 bits per heavy atom. The molecule has 2 heteroatoms. The minimum atomic E-state index is 0.0393. The van der Waals surface area contributed by atoms with Crippen LogP contribution in [0.4, 0.5) is 0 Å². The molecule has 0 radical (unpaired) electrons. The molecule has 0 amide bonds. The highest BCUT2D eigenvalue weighted by molar-refractivity contribution is 4.94. The minimum absolute atomic E-state index is 0.0393. The zero-order valence-corrected chi connectivity index (χ0v) is 7.64. The van der Waals surface area contributed by atoms with Crippen LogP contribution in [0.15, 0.2) is 0 Å². The van der Waals surface area contributed by atoms with Crippen molar-refractivity contribution >= 4 is 0 Å². The van der Waals surface area contributed by atoms with Gasteiger partial charge in [-0.3, -0.25) is 0 Å². The van der Waals surface area contributed by atoms with Gasteiger partial charge < -0.3 is 9.47 Å². The van der Waals surface area contributed by atoms with E-state index in [0.29, 0.717) is 6.61 Å². The predicted octanol–water partition coefficient (Wildman–Crippen LogP) is 1.94. The SMILES string of the molecule is CC#CCCOC1CCCCO1. The van der Waals surface area contributed by atoms with Gasteiger partial charge in [0.2, 0.25) is 0 Å². The molecule has 1 unspecified atom stereocenters. The van der Waals surface area contributed by atoms with Crippen LogP contribution >= 0.6 is 0 Å². The Labute approximate surface area is 74.2 Å². The average Bonchev–Trinajstić information content (AvgIpc) is 2.14. The maximum Gasteiger partial charge on any atom is 0.157 e. The highest BCUT2D eigenvalue weighted by Crippen LogP contribution is 2.13. The lowest BCUT2D eigenvalue weighted by molar-refractivity contribution is -0.161. The lowest BCUT2D eigenvalue weighted by Crippen LogP contribution is -2.22. The molecular weight excluding hydrogens is 152 g/mol. The fourth-order valence-corrected chi connectivity index (χ4v) is 1.21. The molecule has 1 heterocycles. The van der Waals surface area contributed by atoms with E-state index in [1.54, 1.807) is 0 Å². The molecule has 2 nitrogen and oxygen atoms in total. The van der Waals surface area contributed by atoms with Crippen LogP contribution in [0.3, 0.4) is 0 Å². The Hall–Kier alpha value is -0.520. The van der Waals surface area contributed by atoms with Crippen LogP contribution in [0.25, 0.3) is 0 Å². The maximum absolute atomic E-state index is 5.46. The van der Waals surface area contributed by atoms with Gasteiger partial charge in [-0.05, 0) is 26.2 Å². The summed E-state index contributed by atoms with van der Waals surface area (Å²) in [6, 6.07) is 0. The Morgan fingerprint density at radius 3 is 3.08 bits per heavy atom. The normalized spacial score (nSPS) is 22.9. The van der Waals surface area contributed by atoms with Gasteiger partial charge >= 0.3 is 0 Å². The van der Waals surface area contributed by atoms with E-state index in [1.807, 2.05) is 6.92 Å². The van der Waals surface area contributed by atoms with Crippen molar-refractivity contribution in [2.24, 2.45) is 0 Å². The molecule has 1 atom stereocenters. The van der Waals surface area contributed by atoms with Crippen LogP contribution in [0.1, 0.15) is 32.6 Å². The second kappa shape index (κ2) is 6.05. The van der Waals surface area contributed by atoms with E-state index < -0.39 is 0 Å². The summed E-state index contributed by atoms with van der Waals surface area (Å²) in [6.07, 6.45) is 4.30. The minimum Gasteiger partial charge on any atom is -0.353 e. The first kappa shape index (κ1) is 9.57. The van der Waals surface area contributed by atoms with Gasteiger partial charge in [-0.15, -0.1) is 11.8 Å². The summed E-state index contributed by atoms with van der Waals surface area (Å²) in [5.74, 6) is 5.79. The summed E-state index contributed by atoms with van der Waals surface area (Å²) in [5.41, 5.74) is 0. The maximum atomic E-state index is 5.46. The number of ether oxygens (including phenoxy) is 2. The molecule has 1 fully saturated rings. The van der Waals surface area contributed by atoms with Crippen LogP contribution < -0.4 is 0 Å². The lowest BCUT2D eigenvalue weighted by atomic mass is 10.2.